The molecule has 1 rings (SSSR count). The van der Waals surface area contributed by atoms with Crippen LogP contribution in [0.15, 0.2) is 24.3 Å². The molecule has 0 aliphatic carbocycles. The molecular weight excluding hydrogens is 478 g/mol. The minimum absolute atomic E-state index is 0.00576. The molecule has 0 bridgehead atoms. The number of anilines is 1. The van der Waals surface area contributed by atoms with E-state index in [1.807, 2.05) is 20.8 Å². The number of methoxy groups -OCH3 is 1. The maximum atomic E-state index is 13.8. The highest BCUT2D eigenvalue weighted by Gasteiger charge is 2.35. The zero-order valence-corrected chi connectivity index (χ0v) is 22.1. The first kappa shape index (κ1) is 30.3. The predicted octanol–water partition coefficient (Wildman–Crippen LogP) is 3.54. The molecule has 192 valence electrons. The van der Waals surface area contributed by atoms with E-state index in [9.17, 15) is 9.59 Å². The fraction of sp³-hybridized carbons (Fsp3) is 0.625. The molecular formula is C24H38ClN3O5S. The molecule has 0 saturated carbocycles. The summed E-state index contributed by atoms with van der Waals surface area (Å²) >= 11 is 11.8. The van der Waals surface area contributed by atoms with E-state index in [2.05, 4.69) is 5.32 Å². The first-order valence-electron chi connectivity index (χ1n) is 11.5. The Morgan fingerprint density at radius 1 is 1.15 bits per heavy atom. The summed E-state index contributed by atoms with van der Waals surface area (Å²) in [5, 5.41) is 3.77. The van der Waals surface area contributed by atoms with Gasteiger partial charge in [0.05, 0.1) is 30.9 Å². The molecule has 0 spiro atoms. The van der Waals surface area contributed by atoms with Crippen LogP contribution >= 0.6 is 23.8 Å². The lowest BCUT2D eigenvalue weighted by Gasteiger charge is -2.37. The number of ether oxygens (including phenoxy) is 3. The molecule has 2 amide bonds. The van der Waals surface area contributed by atoms with Crippen molar-refractivity contribution in [2.75, 3.05) is 45.2 Å². The Kier molecular flexibility index (Phi) is 14.9. The van der Waals surface area contributed by atoms with Crippen LogP contribution in [-0.2, 0) is 23.8 Å². The first-order chi connectivity index (χ1) is 16.2. The number of hydrogen-bond donors (Lipinski definition) is 2. The number of amides is 2. The molecule has 0 fully saturated rings. The predicted molar refractivity (Wildman–Crippen MR) is 139 cm³/mol. The Balaban J connectivity index is 3.03. The zero-order chi connectivity index (χ0) is 25.5. The summed E-state index contributed by atoms with van der Waals surface area (Å²) in [5.41, 5.74) is 6.11. The van der Waals surface area contributed by atoms with Gasteiger partial charge in [0.2, 0.25) is 11.8 Å². The third kappa shape index (κ3) is 10.7. The molecule has 0 saturated heterocycles. The van der Waals surface area contributed by atoms with E-state index in [0.717, 1.165) is 6.42 Å². The maximum Gasteiger partial charge on any atom is 0.231 e. The van der Waals surface area contributed by atoms with E-state index in [4.69, 9.17) is 43.8 Å². The van der Waals surface area contributed by atoms with Crippen molar-refractivity contribution in [2.45, 2.75) is 46.1 Å². The Bertz CT molecular complexity index is 763. The average Bonchev–Trinajstić information content (AvgIpc) is 2.78. The van der Waals surface area contributed by atoms with E-state index in [-0.39, 0.29) is 25.0 Å². The lowest BCUT2D eigenvalue weighted by Crippen LogP contribution is -2.54. The number of hydrogen-bond acceptors (Lipinski definition) is 6. The summed E-state index contributed by atoms with van der Waals surface area (Å²) in [4.78, 5) is 27.6. The van der Waals surface area contributed by atoms with Gasteiger partial charge in [0, 0.05) is 36.7 Å². The summed E-state index contributed by atoms with van der Waals surface area (Å²) in [6.45, 7) is 7.93. The SMILES string of the molecule is CCC[C@H](CC(N)=O)C(=O)N(c1ccc(Cl)cc1)[C@H](C(=S)NCCOCOCCOC)C(C)C. The minimum Gasteiger partial charge on any atom is -0.382 e. The third-order valence-electron chi connectivity index (χ3n) is 5.10. The number of nitrogens with two attached hydrogens (primary N) is 1. The topological polar surface area (TPSA) is 103 Å². The van der Waals surface area contributed by atoms with Crippen LogP contribution in [-0.4, -0.2) is 63.1 Å². The summed E-state index contributed by atoms with van der Waals surface area (Å²) in [7, 11) is 1.61. The van der Waals surface area contributed by atoms with E-state index in [1.165, 1.54) is 0 Å². The van der Waals surface area contributed by atoms with Crippen LogP contribution < -0.4 is 16.0 Å². The van der Waals surface area contributed by atoms with Gasteiger partial charge in [-0.1, -0.05) is 51.0 Å². The van der Waals surface area contributed by atoms with Crippen LogP contribution in [0.3, 0.4) is 0 Å². The number of nitrogens with zero attached hydrogens (tertiary/aromatic N) is 1. The molecule has 34 heavy (non-hydrogen) atoms. The minimum atomic E-state index is -0.533. The maximum absolute atomic E-state index is 13.8. The third-order valence-corrected chi connectivity index (χ3v) is 5.74. The molecule has 0 aliphatic rings. The van der Waals surface area contributed by atoms with E-state index in [1.54, 1.807) is 36.3 Å². The van der Waals surface area contributed by atoms with Crippen molar-refractivity contribution in [3.8, 4) is 0 Å². The van der Waals surface area contributed by atoms with Gasteiger partial charge in [0.15, 0.2) is 0 Å². The van der Waals surface area contributed by atoms with Gasteiger partial charge in [0.1, 0.15) is 6.79 Å². The lowest BCUT2D eigenvalue weighted by atomic mass is 9.94. The molecule has 1 aromatic carbocycles. The van der Waals surface area contributed by atoms with Crippen LogP contribution in [0, 0.1) is 11.8 Å². The van der Waals surface area contributed by atoms with Gasteiger partial charge >= 0.3 is 0 Å². The normalized spacial score (nSPS) is 12.9. The van der Waals surface area contributed by atoms with Gasteiger partial charge < -0.3 is 30.2 Å². The number of benzene rings is 1. The van der Waals surface area contributed by atoms with Gasteiger partial charge in [-0.3, -0.25) is 9.59 Å². The number of thiocarbonyl (C=S) groups is 1. The Hall–Kier alpha value is -1.78. The summed E-state index contributed by atoms with van der Waals surface area (Å²) in [6, 6.07) is 6.59. The van der Waals surface area contributed by atoms with Gasteiger partial charge in [0.25, 0.3) is 0 Å². The molecule has 0 radical (unpaired) electrons. The van der Waals surface area contributed by atoms with Crippen LogP contribution in [0.25, 0.3) is 0 Å². The number of primary amides is 1. The van der Waals surface area contributed by atoms with Crippen LogP contribution in [0.2, 0.25) is 5.02 Å². The van der Waals surface area contributed by atoms with E-state index < -0.39 is 17.9 Å². The number of halogens is 1. The van der Waals surface area contributed by atoms with Gasteiger partial charge in [-0.15, -0.1) is 0 Å². The van der Waals surface area contributed by atoms with Crippen molar-refractivity contribution < 1.29 is 23.8 Å². The fourth-order valence-electron chi connectivity index (χ4n) is 3.52. The molecule has 0 heterocycles. The highest BCUT2D eigenvalue weighted by molar-refractivity contribution is 7.80. The average molecular weight is 516 g/mol. The molecule has 1 aromatic rings. The van der Waals surface area contributed by atoms with Gasteiger partial charge in [-0.2, -0.15) is 0 Å². The first-order valence-corrected chi connectivity index (χ1v) is 12.3. The fourth-order valence-corrected chi connectivity index (χ4v) is 4.12. The Morgan fingerprint density at radius 3 is 2.35 bits per heavy atom. The van der Waals surface area contributed by atoms with Gasteiger partial charge in [-0.25, -0.2) is 0 Å². The van der Waals surface area contributed by atoms with E-state index in [0.29, 0.717) is 48.5 Å². The second kappa shape index (κ2) is 16.8. The van der Waals surface area contributed by atoms with Crippen molar-refractivity contribution >= 4 is 46.3 Å². The highest BCUT2D eigenvalue weighted by atomic mass is 35.5. The second-order valence-electron chi connectivity index (χ2n) is 8.25. The molecule has 0 aromatic heterocycles. The van der Waals surface area contributed by atoms with Crippen molar-refractivity contribution in [3.05, 3.63) is 29.3 Å². The molecule has 3 N–H and O–H groups in total. The number of rotatable bonds is 17. The highest BCUT2D eigenvalue weighted by Crippen LogP contribution is 2.28. The molecule has 0 aliphatic heterocycles. The molecule has 10 heteroatoms. The quantitative estimate of drug-likeness (QED) is 0.186. The van der Waals surface area contributed by atoms with Crippen molar-refractivity contribution in [1.29, 1.82) is 0 Å². The summed E-state index contributed by atoms with van der Waals surface area (Å²) in [5.74, 6) is -1.23. The van der Waals surface area contributed by atoms with Gasteiger partial charge in [-0.05, 0) is 36.6 Å². The van der Waals surface area contributed by atoms with E-state index >= 15 is 0 Å². The Labute approximate surface area is 213 Å². The van der Waals surface area contributed by atoms with Crippen LogP contribution in [0.4, 0.5) is 5.69 Å². The zero-order valence-electron chi connectivity index (χ0n) is 20.6. The van der Waals surface area contributed by atoms with Crippen molar-refractivity contribution in [1.82, 2.24) is 5.32 Å². The Morgan fingerprint density at radius 2 is 1.79 bits per heavy atom. The van der Waals surface area contributed by atoms with Crippen molar-refractivity contribution in [3.63, 3.8) is 0 Å². The second-order valence-corrected chi connectivity index (χ2v) is 9.12. The number of carbonyl (C=O) groups excluding carboxylic acids is 2. The van der Waals surface area contributed by atoms with Crippen molar-refractivity contribution in [2.24, 2.45) is 17.6 Å². The number of nitrogens with one attached hydrogen (secondary N) is 1. The molecule has 0 unspecified atom stereocenters. The van der Waals surface area contributed by atoms with Crippen LogP contribution in [0.5, 0.6) is 0 Å². The standard InChI is InChI=1S/C24H38ClN3O5S/c1-5-6-18(15-21(26)29)24(30)28(20-9-7-19(25)8-10-20)22(17(2)3)23(34)27-11-12-32-16-33-14-13-31-4/h7-10,17-18,22H,5-6,11-16H2,1-4H3,(H2,26,29)(H,27,34)/t18-,22+/m1/s1. The summed E-state index contributed by atoms with van der Waals surface area (Å²) in [6.07, 6.45) is 1.28. The largest absolute Gasteiger partial charge is 0.382 e. The van der Waals surface area contributed by atoms with Crippen LogP contribution in [0.1, 0.15) is 40.0 Å². The number of carbonyl (C=O) groups is 2. The lowest BCUT2D eigenvalue weighted by molar-refractivity contribution is -0.127. The monoisotopic (exact) mass is 515 g/mol. The molecule has 2 atom stereocenters. The summed E-state index contributed by atoms with van der Waals surface area (Å²) < 4.78 is 15.6. The smallest absolute Gasteiger partial charge is 0.231 e. The molecule has 8 nitrogen and oxygen atoms in total.